The number of aromatic nitrogens is 1. The lowest BCUT2D eigenvalue weighted by Gasteiger charge is -2.34. The molecule has 2 aromatic carbocycles. The van der Waals surface area contributed by atoms with Crippen molar-refractivity contribution in [2.45, 2.75) is 66.7 Å². The molecule has 0 fully saturated rings. The number of hydrogen-bond acceptors (Lipinski definition) is 5. The number of aliphatic hydroxyl groups is 1. The number of rotatable bonds is 7. The first-order valence-electron chi connectivity index (χ1n) is 12.5. The van der Waals surface area contributed by atoms with Crippen molar-refractivity contribution in [3.63, 3.8) is 0 Å². The number of benzene rings is 2. The molecule has 202 valence electrons. The maximum absolute atomic E-state index is 12.6. The molecule has 0 unspecified atom stereocenters. The Morgan fingerprint density at radius 1 is 1.11 bits per heavy atom. The Balaban J connectivity index is 0.000000695. The van der Waals surface area contributed by atoms with E-state index < -0.39 is 12.2 Å². The molecule has 1 N–H and O–H groups in total. The number of ether oxygens (including phenoxy) is 2. The maximum Gasteiger partial charge on any atom is 0.345 e. The van der Waals surface area contributed by atoms with Crippen molar-refractivity contribution in [2.24, 2.45) is 0 Å². The number of halogens is 2. The summed E-state index contributed by atoms with van der Waals surface area (Å²) in [6.45, 7) is 10.3. The fourth-order valence-corrected chi connectivity index (χ4v) is 4.76. The number of methoxy groups -OCH3 is 1. The molecule has 0 saturated carbocycles. The highest BCUT2D eigenvalue weighted by Crippen LogP contribution is 2.44. The molecule has 0 spiro atoms. The van der Waals surface area contributed by atoms with Crippen LogP contribution in [0.15, 0.2) is 30.3 Å². The zero-order chi connectivity index (χ0) is 27.5. The number of nitrogens with zero attached hydrogens (tertiary/aromatic N) is 2. The molecular formula is C29H38F2N2O4. The van der Waals surface area contributed by atoms with Gasteiger partial charge in [-0.1, -0.05) is 29.8 Å². The molecule has 37 heavy (non-hydrogen) atoms. The van der Waals surface area contributed by atoms with E-state index in [0.29, 0.717) is 13.1 Å². The van der Waals surface area contributed by atoms with Crippen molar-refractivity contribution in [1.29, 1.82) is 0 Å². The molecule has 3 aromatic rings. The Labute approximate surface area is 217 Å². The van der Waals surface area contributed by atoms with Crippen LogP contribution in [0.5, 0.6) is 0 Å². The van der Waals surface area contributed by atoms with Crippen LogP contribution < -0.4 is 4.90 Å². The van der Waals surface area contributed by atoms with Crippen molar-refractivity contribution in [3.05, 3.63) is 52.7 Å². The van der Waals surface area contributed by atoms with E-state index in [4.69, 9.17) is 9.84 Å². The van der Waals surface area contributed by atoms with Crippen molar-refractivity contribution >= 4 is 22.6 Å². The van der Waals surface area contributed by atoms with Crippen LogP contribution in [0.25, 0.3) is 22.0 Å². The van der Waals surface area contributed by atoms with Gasteiger partial charge >= 0.3 is 12.6 Å². The number of carbonyl (C=O) groups excluding carboxylic acids is 1. The third-order valence-corrected chi connectivity index (χ3v) is 6.31. The second kappa shape index (κ2) is 11.6. The molecule has 0 bridgehead atoms. The summed E-state index contributed by atoms with van der Waals surface area (Å²) in [4.78, 5) is 14.5. The van der Waals surface area contributed by atoms with Crippen LogP contribution in [0, 0.1) is 20.8 Å². The Kier molecular flexibility index (Phi) is 8.97. The van der Waals surface area contributed by atoms with Gasteiger partial charge in [-0.25, -0.2) is 0 Å². The first kappa shape index (κ1) is 28.6. The van der Waals surface area contributed by atoms with Crippen LogP contribution in [-0.2, 0) is 27.2 Å². The molecule has 0 saturated heterocycles. The second-order valence-corrected chi connectivity index (χ2v) is 10.4. The molecule has 0 atom stereocenters. The lowest BCUT2D eigenvalue weighted by atomic mass is 9.88. The molecule has 1 aliphatic rings. The molecule has 1 aromatic heterocycles. The quantitative estimate of drug-likeness (QED) is 0.403. The number of aryl methyl sites for hydroxylation is 2. The maximum atomic E-state index is 12.6. The second-order valence-electron chi connectivity index (χ2n) is 10.4. The Morgan fingerprint density at radius 2 is 1.73 bits per heavy atom. The minimum atomic E-state index is -2.79. The van der Waals surface area contributed by atoms with Gasteiger partial charge in [0.05, 0.1) is 36.9 Å². The number of hydrogen-bond donors (Lipinski definition) is 1. The van der Waals surface area contributed by atoms with E-state index in [1.165, 1.54) is 7.11 Å². The highest BCUT2D eigenvalue weighted by Gasteiger charge is 2.29. The van der Waals surface area contributed by atoms with Crippen molar-refractivity contribution in [3.8, 4) is 11.1 Å². The normalized spacial score (nSPS) is 13.1. The zero-order valence-corrected chi connectivity index (χ0v) is 22.8. The van der Waals surface area contributed by atoms with Crippen LogP contribution in [0.1, 0.15) is 43.2 Å². The molecule has 2 heterocycles. The van der Waals surface area contributed by atoms with Gasteiger partial charge in [0.2, 0.25) is 0 Å². The predicted octanol–water partition coefficient (Wildman–Crippen LogP) is 5.79. The van der Waals surface area contributed by atoms with Gasteiger partial charge in [-0.2, -0.15) is 8.78 Å². The Morgan fingerprint density at radius 3 is 2.30 bits per heavy atom. The number of anilines is 1. The van der Waals surface area contributed by atoms with Gasteiger partial charge in [0.1, 0.15) is 0 Å². The first-order valence-corrected chi connectivity index (χ1v) is 12.5. The van der Waals surface area contributed by atoms with E-state index in [-0.39, 0.29) is 19.0 Å². The molecule has 4 rings (SSSR count). The topological polar surface area (TPSA) is 63.9 Å². The van der Waals surface area contributed by atoms with E-state index in [0.717, 1.165) is 56.6 Å². The van der Waals surface area contributed by atoms with Crippen LogP contribution in [0.3, 0.4) is 0 Å². The van der Waals surface area contributed by atoms with E-state index in [1.54, 1.807) is 20.8 Å². The lowest BCUT2D eigenvalue weighted by Crippen LogP contribution is -2.35. The number of alkyl halides is 2. The number of carbonyl (C=O) groups is 1. The van der Waals surface area contributed by atoms with Crippen molar-refractivity contribution in [2.75, 3.05) is 31.7 Å². The molecular weight excluding hydrogens is 478 g/mol. The minimum Gasteiger partial charge on any atom is -0.469 e. The predicted molar refractivity (Wildman–Crippen MR) is 143 cm³/mol. The van der Waals surface area contributed by atoms with Crippen LogP contribution in [0.2, 0.25) is 0 Å². The summed E-state index contributed by atoms with van der Waals surface area (Å²) in [6.07, 6.45) is 0.139. The Bertz CT molecular complexity index is 1240. The fourth-order valence-electron chi connectivity index (χ4n) is 4.76. The van der Waals surface area contributed by atoms with E-state index in [2.05, 4.69) is 51.5 Å². The van der Waals surface area contributed by atoms with Gasteiger partial charge in [0, 0.05) is 30.7 Å². The summed E-state index contributed by atoms with van der Waals surface area (Å²) < 4.78 is 36.9. The Hall–Kier alpha value is -2.97. The molecule has 1 aliphatic heterocycles. The monoisotopic (exact) mass is 516 g/mol. The van der Waals surface area contributed by atoms with Crippen LogP contribution in [0.4, 0.5) is 14.5 Å². The highest BCUT2D eigenvalue weighted by atomic mass is 19.3. The van der Waals surface area contributed by atoms with Gasteiger partial charge in [0.15, 0.2) is 0 Å². The lowest BCUT2D eigenvalue weighted by molar-refractivity contribution is -0.139. The van der Waals surface area contributed by atoms with Gasteiger partial charge < -0.3 is 24.0 Å². The summed E-state index contributed by atoms with van der Waals surface area (Å²) in [6, 6.07) is 10.5. The first-order chi connectivity index (χ1) is 17.3. The SMILES string of the molecule is CC(C)(C)O.COC(=O)Cc1c(C)c2c3c(cc(C)n3CCN2CCOC(F)F)c1-c1ccc(C)cc1. The molecule has 8 heteroatoms. The molecule has 0 amide bonds. The van der Waals surface area contributed by atoms with Crippen molar-refractivity contribution in [1.82, 2.24) is 4.57 Å². The van der Waals surface area contributed by atoms with Gasteiger partial charge in [-0.3, -0.25) is 4.79 Å². The van der Waals surface area contributed by atoms with Crippen molar-refractivity contribution < 1.29 is 28.2 Å². The molecule has 6 nitrogen and oxygen atoms in total. The summed E-state index contributed by atoms with van der Waals surface area (Å²) in [7, 11) is 1.39. The third-order valence-electron chi connectivity index (χ3n) is 6.31. The van der Waals surface area contributed by atoms with Crippen LogP contribution >= 0.6 is 0 Å². The van der Waals surface area contributed by atoms with Gasteiger partial charge in [-0.05, 0) is 69.9 Å². The molecule has 0 radical (unpaired) electrons. The minimum absolute atomic E-state index is 0.0651. The van der Waals surface area contributed by atoms with E-state index >= 15 is 0 Å². The smallest absolute Gasteiger partial charge is 0.345 e. The summed E-state index contributed by atoms with van der Waals surface area (Å²) in [5, 5.41) is 9.58. The van der Waals surface area contributed by atoms with Gasteiger partial charge in [-0.15, -0.1) is 0 Å². The average Bonchev–Trinajstić information content (AvgIpc) is 3.13. The number of esters is 1. The average molecular weight is 517 g/mol. The third kappa shape index (κ3) is 6.87. The summed E-state index contributed by atoms with van der Waals surface area (Å²) in [5.41, 5.74) is 7.79. The fraction of sp³-hybridized carbons (Fsp3) is 0.483. The van der Waals surface area contributed by atoms with E-state index in [9.17, 15) is 13.6 Å². The van der Waals surface area contributed by atoms with Crippen LogP contribution in [-0.4, -0.2) is 54.7 Å². The van der Waals surface area contributed by atoms with E-state index in [1.807, 2.05) is 13.8 Å². The standard InChI is InChI=1S/C25H28F2N2O3.C4H10O/c1-15-5-7-18(8-6-15)22-19(14-21(30)31-4)17(3)23-24-20(22)13-16(2)29(24)10-9-28(23)11-12-32-25(26)27;1-4(2,3)5/h5-8,13,25H,9-12,14H2,1-4H3;5H,1-3H3. The summed E-state index contributed by atoms with van der Waals surface area (Å²) >= 11 is 0. The highest BCUT2D eigenvalue weighted by molar-refractivity contribution is 6.07. The van der Waals surface area contributed by atoms with Gasteiger partial charge in [0.25, 0.3) is 0 Å². The zero-order valence-electron chi connectivity index (χ0n) is 22.8. The largest absolute Gasteiger partial charge is 0.469 e. The molecule has 0 aliphatic carbocycles. The summed E-state index contributed by atoms with van der Waals surface area (Å²) in [5.74, 6) is -0.312.